The van der Waals surface area contributed by atoms with Crippen LogP contribution in [0.25, 0.3) is 0 Å². The van der Waals surface area contributed by atoms with Gasteiger partial charge >= 0.3 is 0 Å². The number of aromatic nitrogens is 2. The highest BCUT2D eigenvalue weighted by Crippen LogP contribution is 2.28. The molecule has 0 spiro atoms. The van der Waals surface area contributed by atoms with Gasteiger partial charge in [-0.3, -0.25) is 0 Å². The monoisotopic (exact) mass is 232 g/mol. The van der Waals surface area contributed by atoms with Gasteiger partial charge in [0.05, 0.1) is 7.11 Å². The molecule has 0 bridgehead atoms. The van der Waals surface area contributed by atoms with E-state index >= 15 is 0 Å². The third kappa shape index (κ3) is 2.03. The van der Waals surface area contributed by atoms with Gasteiger partial charge < -0.3 is 14.4 Å². The lowest BCUT2D eigenvalue weighted by atomic mass is 9.95. The van der Waals surface area contributed by atoms with Crippen molar-refractivity contribution in [1.29, 1.82) is 0 Å². The highest BCUT2D eigenvalue weighted by molar-refractivity contribution is 5.34. The molecule has 0 aliphatic rings. The fourth-order valence-corrected chi connectivity index (χ4v) is 1.88. The number of aryl methyl sites for hydroxylation is 1. The van der Waals surface area contributed by atoms with Gasteiger partial charge in [0.1, 0.15) is 17.2 Å². The zero-order chi connectivity index (χ0) is 12.5. The van der Waals surface area contributed by atoms with Crippen LogP contribution in [-0.2, 0) is 12.6 Å². The fraction of sp³-hybridized carbons (Fsp3) is 0.308. The molecule has 0 radical (unpaired) electrons. The Labute approximate surface area is 100 Å². The normalized spacial score (nSPS) is 14.4. The molecule has 1 aromatic carbocycles. The van der Waals surface area contributed by atoms with Gasteiger partial charge in [0.2, 0.25) is 0 Å². The Morgan fingerprint density at radius 2 is 1.94 bits per heavy atom. The van der Waals surface area contributed by atoms with Crippen LogP contribution in [0.2, 0.25) is 0 Å². The summed E-state index contributed by atoms with van der Waals surface area (Å²) >= 11 is 0. The molecule has 1 N–H and O–H groups in total. The van der Waals surface area contributed by atoms with Gasteiger partial charge in [0.25, 0.3) is 0 Å². The fourth-order valence-electron chi connectivity index (χ4n) is 1.88. The molecular formula is C13H16N2O2. The Kier molecular flexibility index (Phi) is 2.90. The summed E-state index contributed by atoms with van der Waals surface area (Å²) < 4.78 is 6.90. The maximum Gasteiger partial charge on any atom is 0.144 e. The van der Waals surface area contributed by atoms with Crippen molar-refractivity contribution in [2.24, 2.45) is 7.05 Å². The summed E-state index contributed by atoms with van der Waals surface area (Å²) in [4.78, 5) is 4.19. The SMILES string of the molecule is COc1ccc(C(C)(O)c2nccn2C)cc1. The second kappa shape index (κ2) is 4.22. The standard InChI is InChI=1S/C13H16N2O2/c1-13(16,12-14-8-9-15(12)2)10-4-6-11(17-3)7-5-10/h4-9,16H,1-3H3. The summed E-state index contributed by atoms with van der Waals surface area (Å²) in [5, 5.41) is 10.6. The summed E-state index contributed by atoms with van der Waals surface area (Å²) in [6.45, 7) is 1.73. The van der Waals surface area contributed by atoms with Gasteiger partial charge in [-0.25, -0.2) is 4.98 Å². The highest BCUT2D eigenvalue weighted by Gasteiger charge is 2.29. The van der Waals surface area contributed by atoms with Crippen LogP contribution in [0.5, 0.6) is 5.75 Å². The molecule has 0 aliphatic carbocycles. The Bertz CT molecular complexity index is 500. The molecule has 2 rings (SSSR count). The molecule has 1 atom stereocenters. The second-order valence-electron chi connectivity index (χ2n) is 4.16. The average molecular weight is 232 g/mol. The van der Waals surface area contributed by atoms with Gasteiger partial charge in [0.15, 0.2) is 0 Å². The van der Waals surface area contributed by atoms with E-state index in [-0.39, 0.29) is 0 Å². The lowest BCUT2D eigenvalue weighted by Crippen LogP contribution is -2.26. The van der Waals surface area contributed by atoms with Crippen molar-refractivity contribution in [2.75, 3.05) is 7.11 Å². The van der Waals surface area contributed by atoms with Crippen molar-refractivity contribution < 1.29 is 9.84 Å². The van der Waals surface area contributed by atoms with Gasteiger partial charge in [-0.1, -0.05) is 12.1 Å². The number of ether oxygens (including phenoxy) is 1. The third-order valence-corrected chi connectivity index (χ3v) is 2.91. The van der Waals surface area contributed by atoms with Gasteiger partial charge in [0, 0.05) is 19.4 Å². The van der Waals surface area contributed by atoms with Gasteiger partial charge in [-0.2, -0.15) is 0 Å². The van der Waals surface area contributed by atoms with Crippen LogP contribution in [0.4, 0.5) is 0 Å². The molecule has 2 aromatic rings. The molecular weight excluding hydrogens is 216 g/mol. The molecule has 90 valence electrons. The first kappa shape index (κ1) is 11.7. The first-order valence-electron chi connectivity index (χ1n) is 5.40. The maximum absolute atomic E-state index is 10.6. The summed E-state index contributed by atoms with van der Waals surface area (Å²) in [5.41, 5.74) is -0.322. The molecule has 0 aliphatic heterocycles. The summed E-state index contributed by atoms with van der Waals surface area (Å²) in [5.74, 6) is 1.38. The summed E-state index contributed by atoms with van der Waals surface area (Å²) in [7, 11) is 3.48. The summed E-state index contributed by atoms with van der Waals surface area (Å²) in [6, 6.07) is 7.33. The van der Waals surface area contributed by atoms with E-state index in [4.69, 9.17) is 4.74 Å². The van der Waals surface area contributed by atoms with Crippen molar-refractivity contribution in [2.45, 2.75) is 12.5 Å². The van der Waals surface area contributed by atoms with Crippen LogP contribution in [-0.4, -0.2) is 21.8 Å². The van der Waals surface area contributed by atoms with Crippen LogP contribution in [0.3, 0.4) is 0 Å². The number of benzene rings is 1. The Morgan fingerprint density at radius 1 is 1.29 bits per heavy atom. The van der Waals surface area contributed by atoms with E-state index in [1.54, 1.807) is 20.2 Å². The lowest BCUT2D eigenvalue weighted by Gasteiger charge is -2.23. The highest BCUT2D eigenvalue weighted by atomic mass is 16.5. The van der Waals surface area contributed by atoms with E-state index in [0.29, 0.717) is 5.82 Å². The molecule has 0 saturated heterocycles. The van der Waals surface area contributed by atoms with Crippen LogP contribution in [0.1, 0.15) is 18.3 Å². The first-order chi connectivity index (χ1) is 8.05. The minimum atomic E-state index is -1.11. The smallest absolute Gasteiger partial charge is 0.144 e. The van der Waals surface area contributed by atoms with Crippen molar-refractivity contribution in [1.82, 2.24) is 9.55 Å². The van der Waals surface area contributed by atoms with Crippen LogP contribution < -0.4 is 4.74 Å². The second-order valence-corrected chi connectivity index (χ2v) is 4.16. The van der Waals surface area contributed by atoms with E-state index < -0.39 is 5.60 Å². The minimum absolute atomic E-state index is 0.614. The van der Waals surface area contributed by atoms with Gasteiger partial charge in [-0.15, -0.1) is 0 Å². The van der Waals surface area contributed by atoms with Crippen molar-refractivity contribution in [3.05, 3.63) is 48.0 Å². The van der Waals surface area contributed by atoms with Gasteiger partial charge in [-0.05, 0) is 24.6 Å². The van der Waals surface area contributed by atoms with E-state index in [1.165, 1.54) is 0 Å². The van der Waals surface area contributed by atoms with Crippen molar-refractivity contribution in [3.8, 4) is 5.75 Å². The van der Waals surface area contributed by atoms with Crippen molar-refractivity contribution >= 4 is 0 Å². The minimum Gasteiger partial charge on any atom is -0.497 e. The summed E-state index contributed by atoms with van der Waals surface area (Å²) in [6.07, 6.45) is 3.49. The number of hydrogen-bond donors (Lipinski definition) is 1. The topological polar surface area (TPSA) is 47.3 Å². The number of imidazole rings is 1. The molecule has 1 unspecified atom stereocenters. The van der Waals surface area contributed by atoms with Crippen molar-refractivity contribution in [3.63, 3.8) is 0 Å². The molecule has 1 aromatic heterocycles. The Balaban J connectivity index is 2.40. The number of aliphatic hydroxyl groups is 1. The third-order valence-electron chi connectivity index (χ3n) is 2.91. The van der Waals surface area contributed by atoms with E-state index in [9.17, 15) is 5.11 Å². The zero-order valence-electron chi connectivity index (χ0n) is 10.2. The first-order valence-corrected chi connectivity index (χ1v) is 5.40. The van der Waals surface area contributed by atoms with Crippen LogP contribution >= 0.6 is 0 Å². The molecule has 1 heterocycles. The molecule has 17 heavy (non-hydrogen) atoms. The predicted molar refractivity (Wildman–Crippen MR) is 64.9 cm³/mol. The maximum atomic E-state index is 10.6. The lowest BCUT2D eigenvalue weighted by molar-refractivity contribution is 0.0891. The molecule has 4 heteroatoms. The number of rotatable bonds is 3. The molecule has 0 amide bonds. The van der Waals surface area contributed by atoms with Crippen LogP contribution in [0, 0.1) is 0 Å². The predicted octanol–water partition coefficient (Wildman–Crippen LogP) is 1.68. The molecule has 0 fully saturated rings. The number of methoxy groups -OCH3 is 1. The Morgan fingerprint density at radius 3 is 2.41 bits per heavy atom. The van der Waals surface area contributed by atoms with E-state index in [0.717, 1.165) is 11.3 Å². The van der Waals surface area contributed by atoms with Crippen LogP contribution in [0.15, 0.2) is 36.7 Å². The number of hydrogen-bond acceptors (Lipinski definition) is 3. The largest absolute Gasteiger partial charge is 0.497 e. The molecule has 0 saturated carbocycles. The quantitative estimate of drug-likeness (QED) is 0.876. The zero-order valence-corrected chi connectivity index (χ0v) is 10.2. The van der Waals surface area contributed by atoms with E-state index in [1.807, 2.05) is 42.1 Å². The van der Waals surface area contributed by atoms with E-state index in [2.05, 4.69) is 4.98 Å². The Hall–Kier alpha value is -1.81. The number of nitrogens with zero attached hydrogens (tertiary/aromatic N) is 2. The average Bonchev–Trinajstić information content (AvgIpc) is 2.76. The molecule has 4 nitrogen and oxygen atoms in total.